The van der Waals surface area contributed by atoms with E-state index in [0.29, 0.717) is 22.9 Å². The smallest absolute Gasteiger partial charge is 0.264 e. The summed E-state index contributed by atoms with van der Waals surface area (Å²) in [6.45, 7) is 7.03. The van der Waals surface area contributed by atoms with Gasteiger partial charge in [-0.15, -0.1) is 0 Å². The molecule has 0 unspecified atom stereocenters. The summed E-state index contributed by atoms with van der Waals surface area (Å²) in [5.74, 6) is 0.0380. The van der Waals surface area contributed by atoms with Crippen LogP contribution in [0.2, 0.25) is 5.02 Å². The molecule has 3 aromatic rings. The summed E-state index contributed by atoms with van der Waals surface area (Å²) < 4.78 is 40.1. The number of nitrogens with zero attached hydrogens (tertiary/aromatic N) is 2. The third-order valence-electron chi connectivity index (χ3n) is 6.79. The van der Waals surface area contributed by atoms with Gasteiger partial charge >= 0.3 is 0 Å². The Morgan fingerprint density at radius 1 is 0.952 bits per heavy atom. The van der Waals surface area contributed by atoms with Crippen LogP contribution < -0.4 is 19.1 Å². The van der Waals surface area contributed by atoms with Gasteiger partial charge in [0.05, 0.1) is 24.3 Å². The molecule has 0 aromatic heterocycles. The quantitative estimate of drug-likeness (QED) is 0.265. The average molecular weight is 616 g/mol. The van der Waals surface area contributed by atoms with Gasteiger partial charge in [-0.2, -0.15) is 0 Å². The summed E-state index contributed by atoms with van der Waals surface area (Å²) in [6.07, 6.45) is 0.714. The number of rotatable bonds is 14. The van der Waals surface area contributed by atoms with Crippen LogP contribution in [-0.4, -0.2) is 57.5 Å². The Balaban J connectivity index is 2.07. The molecule has 226 valence electrons. The molecule has 3 rings (SSSR count). The molecule has 0 saturated carbocycles. The molecule has 0 bridgehead atoms. The molecule has 0 radical (unpaired) electrons. The van der Waals surface area contributed by atoms with E-state index in [-0.39, 0.29) is 35.7 Å². The Hall–Kier alpha value is -3.76. The van der Waals surface area contributed by atoms with Crippen LogP contribution in [0.25, 0.3) is 0 Å². The van der Waals surface area contributed by atoms with Crippen LogP contribution >= 0.6 is 11.6 Å². The van der Waals surface area contributed by atoms with Crippen LogP contribution in [0.15, 0.2) is 77.7 Å². The molecule has 0 aliphatic rings. The minimum absolute atomic E-state index is 0.0460. The van der Waals surface area contributed by atoms with Crippen molar-refractivity contribution in [1.29, 1.82) is 0 Å². The second-order valence-electron chi connectivity index (χ2n) is 9.73. The maximum atomic E-state index is 14.1. The summed E-state index contributed by atoms with van der Waals surface area (Å²) in [7, 11) is -2.70. The standard InChI is InChI=1S/C31H38ClN3O6S/c1-6-22(3)33-31(37)23(4)34(20-24-12-16-26(40-5)17-13-24)30(36)21-35(28-10-8-9-11-29(28)41-7-2)42(38,39)27-18-14-25(32)15-19-27/h8-19,22-23H,6-7,20-21H2,1-5H3,(H,33,37)/t22-,23-/m1/s1. The van der Waals surface area contributed by atoms with Gasteiger partial charge in [0.25, 0.3) is 10.0 Å². The molecular formula is C31H38ClN3O6S. The SMILES string of the molecule is CCOc1ccccc1N(CC(=O)N(Cc1ccc(OC)cc1)[C@H](C)C(=O)N[C@H](C)CC)S(=O)(=O)c1ccc(Cl)cc1. The molecule has 1 N–H and O–H groups in total. The molecule has 0 saturated heterocycles. The molecule has 0 aliphatic carbocycles. The van der Waals surface area contributed by atoms with Crippen molar-refractivity contribution in [3.05, 3.63) is 83.4 Å². The van der Waals surface area contributed by atoms with Crippen LogP contribution in [0.5, 0.6) is 11.5 Å². The van der Waals surface area contributed by atoms with Crippen molar-refractivity contribution in [3.63, 3.8) is 0 Å². The average Bonchev–Trinajstić information content (AvgIpc) is 2.99. The molecule has 3 aromatic carbocycles. The number of sulfonamides is 1. The summed E-state index contributed by atoms with van der Waals surface area (Å²) in [5, 5.41) is 3.30. The fourth-order valence-corrected chi connectivity index (χ4v) is 5.71. The summed E-state index contributed by atoms with van der Waals surface area (Å²) in [4.78, 5) is 28.7. The number of hydrogen-bond acceptors (Lipinski definition) is 6. The second kappa shape index (κ2) is 14.9. The van der Waals surface area contributed by atoms with E-state index < -0.39 is 28.5 Å². The molecule has 9 nitrogen and oxygen atoms in total. The lowest BCUT2D eigenvalue weighted by molar-refractivity contribution is -0.139. The van der Waals surface area contributed by atoms with E-state index in [2.05, 4.69) is 5.32 Å². The van der Waals surface area contributed by atoms with E-state index in [1.54, 1.807) is 69.5 Å². The van der Waals surface area contributed by atoms with Gasteiger partial charge in [0, 0.05) is 17.6 Å². The number of carbonyl (C=O) groups excluding carboxylic acids is 2. The lowest BCUT2D eigenvalue weighted by atomic mass is 10.1. The topological polar surface area (TPSA) is 105 Å². The lowest BCUT2D eigenvalue weighted by Crippen LogP contribution is -2.52. The predicted octanol–water partition coefficient (Wildman–Crippen LogP) is 5.27. The highest BCUT2D eigenvalue weighted by Gasteiger charge is 2.34. The minimum atomic E-state index is -4.26. The fourth-order valence-electron chi connectivity index (χ4n) is 4.16. The van der Waals surface area contributed by atoms with Crippen molar-refractivity contribution in [2.24, 2.45) is 0 Å². The zero-order chi connectivity index (χ0) is 30.9. The van der Waals surface area contributed by atoms with Gasteiger partial charge in [0.2, 0.25) is 11.8 Å². The van der Waals surface area contributed by atoms with E-state index in [9.17, 15) is 18.0 Å². The first-order valence-corrected chi connectivity index (χ1v) is 15.6. The molecule has 0 heterocycles. The van der Waals surface area contributed by atoms with Crippen LogP contribution in [0.4, 0.5) is 5.69 Å². The number of methoxy groups -OCH3 is 1. The number of amides is 2. The first-order chi connectivity index (χ1) is 20.0. The predicted molar refractivity (Wildman–Crippen MR) is 164 cm³/mol. The Morgan fingerprint density at radius 3 is 2.19 bits per heavy atom. The Labute approximate surface area is 253 Å². The molecule has 42 heavy (non-hydrogen) atoms. The lowest BCUT2D eigenvalue weighted by Gasteiger charge is -2.33. The molecule has 0 spiro atoms. The van der Waals surface area contributed by atoms with E-state index >= 15 is 0 Å². The van der Waals surface area contributed by atoms with Crippen molar-refractivity contribution < 1.29 is 27.5 Å². The number of nitrogens with one attached hydrogen (secondary N) is 1. The fraction of sp³-hybridized carbons (Fsp3) is 0.355. The van der Waals surface area contributed by atoms with Crippen LogP contribution in [-0.2, 0) is 26.2 Å². The number of ether oxygens (including phenoxy) is 2. The van der Waals surface area contributed by atoms with Crippen molar-refractivity contribution in [2.45, 2.75) is 57.6 Å². The van der Waals surface area contributed by atoms with Gasteiger partial charge in [0.1, 0.15) is 24.1 Å². The maximum absolute atomic E-state index is 14.1. The van der Waals surface area contributed by atoms with E-state index in [0.717, 1.165) is 9.87 Å². The minimum Gasteiger partial charge on any atom is -0.497 e. The Bertz CT molecular complexity index is 1450. The summed E-state index contributed by atoms with van der Waals surface area (Å²) in [6, 6.07) is 18.5. The first kappa shape index (κ1) is 32.8. The van der Waals surface area contributed by atoms with Crippen molar-refractivity contribution in [2.75, 3.05) is 24.6 Å². The van der Waals surface area contributed by atoms with Crippen LogP contribution in [0.3, 0.4) is 0 Å². The number of hydrogen-bond donors (Lipinski definition) is 1. The summed E-state index contributed by atoms with van der Waals surface area (Å²) >= 11 is 6.02. The highest BCUT2D eigenvalue weighted by molar-refractivity contribution is 7.92. The van der Waals surface area contributed by atoms with Crippen LogP contribution in [0.1, 0.15) is 39.7 Å². The molecule has 2 atom stereocenters. The number of anilines is 1. The van der Waals surface area contributed by atoms with Gasteiger partial charge in [-0.3, -0.25) is 13.9 Å². The zero-order valence-electron chi connectivity index (χ0n) is 24.5. The van der Waals surface area contributed by atoms with E-state index in [1.165, 1.54) is 29.2 Å². The van der Waals surface area contributed by atoms with Gasteiger partial charge in [-0.1, -0.05) is 42.8 Å². The van der Waals surface area contributed by atoms with E-state index in [1.807, 2.05) is 13.8 Å². The van der Waals surface area contributed by atoms with Gasteiger partial charge < -0.3 is 19.7 Å². The molecule has 11 heteroatoms. The highest BCUT2D eigenvalue weighted by atomic mass is 35.5. The van der Waals surface area contributed by atoms with Gasteiger partial charge in [-0.05, 0) is 81.3 Å². The number of halogens is 1. The van der Waals surface area contributed by atoms with Crippen LogP contribution in [0, 0.1) is 0 Å². The Kier molecular flexibility index (Phi) is 11.6. The normalized spacial score (nSPS) is 12.6. The maximum Gasteiger partial charge on any atom is 0.264 e. The van der Waals surface area contributed by atoms with Crippen molar-refractivity contribution >= 4 is 39.1 Å². The van der Waals surface area contributed by atoms with Gasteiger partial charge in [-0.25, -0.2) is 8.42 Å². The van der Waals surface area contributed by atoms with E-state index in [4.69, 9.17) is 21.1 Å². The zero-order valence-corrected chi connectivity index (χ0v) is 26.1. The monoisotopic (exact) mass is 615 g/mol. The first-order valence-electron chi connectivity index (χ1n) is 13.7. The molecule has 2 amide bonds. The number of para-hydroxylation sites is 2. The third-order valence-corrected chi connectivity index (χ3v) is 8.82. The number of benzene rings is 3. The Morgan fingerprint density at radius 2 is 1.60 bits per heavy atom. The number of carbonyl (C=O) groups is 2. The summed E-state index contributed by atoms with van der Waals surface area (Å²) in [5.41, 5.74) is 0.943. The van der Waals surface area contributed by atoms with Crippen molar-refractivity contribution in [3.8, 4) is 11.5 Å². The molecule has 0 aliphatic heterocycles. The second-order valence-corrected chi connectivity index (χ2v) is 12.0. The highest BCUT2D eigenvalue weighted by Crippen LogP contribution is 2.33. The third kappa shape index (κ3) is 8.17. The molecule has 0 fully saturated rings. The van der Waals surface area contributed by atoms with Crippen molar-refractivity contribution in [1.82, 2.24) is 10.2 Å². The molecular weight excluding hydrogens is 578 g/mol. The van der Waals surface area contributed by atoms with Gasteiger partial charge in [0.15, 0.2) is 0 Å². The largest absolute Gasteiger partial charge is 0.497 e.